The number of rotatable bonds is 3. The van der Waals surface area contributed by atoms with Gasteiger partial charge in [-0.05, 0) is 47.9 Å². The second-order valence-corrected chi connectivity index (χ2v) is 9.08. The smallest absolute Gasteiger partial charge is 0.339 e. The van der Waals surface area contributed by atoms with Gasteiger partial charge in [-0.15, -0.1) is 0 Å². The molecule has 0 aliphatic carbocycles. The molecule has 2 aromatic heterocycles. The van der Waals surface area contributed by atoms with Gasteiger partial charge in [-0.1, -0.05) is 6.08 Å². The second-order valence-electron chi connectivity index (χ2n) is 7.10. The minimum absolute atomic E-state index is 0.163. The predicted octanol–water partition coefficient (Wildman–Crippen LogP) is 4.44. The Bertz CT molecular complexity index is 1260. The van der Waals surface area contributed by atoms with Crippen molar-refractivity contribution in [2.24, 2.45) is 0 Å². The van der Waals surface area contributed by atoms with Gasteiger partial charge in [0.25, 0.3) is 0 Å². The van der Waals surface area contributed by atoms with Gasteiger partial charge in [-0.25, -0.2) is 17.8 Å². The van der Waals surface area contributed by atoms with E-state index in [1.165, 1.54) is 16.6 Å². The maximum atomic E-state index is 14.4. The van der Waals surface area contributed by atoms with Crippen molar-refractivity contribution in [2.45, 2.75) is 12.6 Å². The lowest BCUT2D eigenvalue weighted by molar-refractivity contribution is -0.137. The Balaban J connectivity index is 1.77. The van der Waals surface area contributed by atoms with Crippen molar-refractivity contribution in [1.82, 2.24) is 14.3 Å². The molecule has 1 N–H and O–H groups in total. The number of pyridine rings is 1. The van der Waals surface area contributed by atoms with Crippen molar-refractivity contribution < 1.29 is 26.0 Å². The zero-order valence-electron chi connectivity index (χ0n) is 15.8. The molecule has 0 saturated carbocycles. The molecule has 1 aliphatic heterocycles. The maximum absolute atomic E-state index is 14.4. The van der Waals surface area contributed by atoms with Gasteiger partial charge in [0.05, 0.1) is 11.8 Å². The Labute approximate surface area is 170 Å². The zero-order chi connectivity index (χ0) is 21.7. The summed E-state index contributed by atoms with van der Waals surface area (Å²) in [6.45, 7) is 0.550. The molecule has 3 aromatic rings. The number of alkyl halides is 3. The van der Waals surface area contributed by atoms with E-state index in [0.29, 0.717) is 41.3 Å². The minimum Gasteiger partial charge on any atom is -0.339 e. The third kappa shape index (κ3) is 3.84. The van der Waals surface area contributed by atoms with Gasteiger partial charge in [-0.2, -0.15) is 17.5 Å². The van der Waals surface area contributed by atoms with Gasteiger partial charge in [0.2, 0.25) is 10.0 Å². The number of aromatic amines is 1. The summed E-state index contributed by atoms with van der Waals surface area (Å²) in [5.41, 5.74) is 1.14. The van der Waals surface area contributed by atoms with Crippen LogP contribution in [-0.2, 0) is 16.2 Å². The number of halogens is 4. The first kappa shape index (κ1) is 20.5. The van der Waals surface area contributed by atoms with Crippen LogP contribution >= 0.6 is 0 Å². The van der Waals surface area contributed by atoms with Gasteiger partial charge in [-0.3, -0.25) is 0 Å². The van der Waals surface area contributed by atoms with Crippen LogP contribution in [0.25, 0.3) is 27.7 Å². The van der Waals surface area contributed by atoms with Crippen molar-refractivity contribution in [2.75, 3.05) is 19.3 Å². The number of aromatic nitrogens is 2. The molecule has 5 nitrogen and oxygen atoms in total. The zero-order valence-corrected chi connectivity index (χ0v) is 16.6. The summed E-state index contributed by atoms with van der Waals surface area (Å²) < 4.78 is 78.4. The van der Waals surface area contributed by atoms with Gasteiger partial charge in [0, 0.05) is 35.9 Å². The van der Waals surface area contributed by atoms with Gasteiger partial charge < -0.3 is 4.98 Å². The number of sulfonamides is 1. The molecule has 30 heavy (non-hydrogen) atoms. The summed E-state index contributed by atoms with van der Waals surface area (Å²) in [5.74, 6) is -0.765. The molecule has 0 bridgehead atoms. The Kier molecular flexibility index (Phi) is 4.94. The second kappa shape index (κ2) is 7.21. The van der Waals surface area contributed by atoms with E-state index in [-0.39, 0.29) is 12.1 Å². The third-order valence-electron chi connectivity index (χ3n) is 5.10. The van der Waals surface area contributed by atoms with Crippen LogP contribution in [0, 0.1) is 5.82 Å². The quantitative estimate of drug-likeness (QED) is 0.614. The van der Waals surface area contributed by atoms with E-state index in [9.17, 15) is 26.0 Å². The number of H-pyrrole nitrogens is 1. The van der Waals surface area contributed by atoms with E-state index in [2.05, 4.69) is 9.97 Å². The number of benzene rings is 1. The number of hydrogen-bond acceptors (Lipinski definition) is 3. The Morgan fingerprint density at radius 2 is 1.90 bits per heavy atom. The lowest BCUT2D eigenvalue weighted by Gasteiger charge is -2.23. The van der Waals surface area contributed by atoms with E-state index < -0.39 is 27.6 Å². The van der Waals surface area contributed by atoms with Gasteiger partial charge >= 0.3 is 6.18 Å². The fourth-order valence-electron chi connectivity index (χ4n) is 3.54. The fraction of sp³-hybridized carbons (Fsp3) is 0.250. The van der Waals surface area contributed by atoms with Crippen LogP contribution < -0.4 is 0 Å². The summed E-state index contributed by atoms with van der Waals surface area (Å²) in [4.78, 5) is 7.31. The van der Waals surface area contributed by atoms with Crippen LogP contribution in [0.2, 0.25) is 0 Å². The lowest BCUT2D eigenvalue weighted by atomic mass is 9.99. The van der Waals surface area contributed by atoms with Crippen molar-refractivity contribution >= 4 is 26.6 Å². The molecule has 3 heterocycles. The minimum atomic E-state index is -4.59. The van der Waals surface area contributed by atoms with E-state index in [4.69, 9.17) is 0 Å². The Morgan fingerprint density at radius 1 is 1.13 bits per heavy atom. The molecule has 0 unspecified atom stereocenters. The normalized spacial score (nSPS) is 16.1. The molecule has 158 valence electrons. The SMILES string of the molecule is CS(=O)(=O)N1CC=C(c2cc3c(-c4cc(C(F)(F)F)ccc4F)ccnc3[nH]2)CC1. The molecule has 0 saturated heterocycles. The molecule has 0 atom stereocenters. The first-order chi connectivity index (χ1) is 14.0. The molecule has 0 radical (unpaired) electrons. The first-order valence-electron chi connectivity index (χ1n) is 9.03. The summed E-state index contributed by atoms with van der Waals surface area (Å²) in [7, 11) is -3.29. The Morgan fingerprint density at radius 3 is 2.53 bits per heavy atom. The lowest BCUT2D eigenvalue weighted by Crippen LogP contribution is -2.33. The van der Waals surface area contributed by atoms with E-state index >= 15 is 0 Å². The van der Waals surface area contributed by atoms with E-state index in [0.717, 1.165) is 24.0 Å². The van der Waals surface area contributed by atoms with Gasteiger partial charge in [0.1, 0.15) is 11.5 Å². The molecule has 1 aliphatic rings. The number of hydrogen-bond donors (Lipinski definition) is 1. The first-order valence-corrected chi connectivity index (χ1v) is 10.9. The van der Waals surface area contributed by atoms with Crippen LogP contribution in [0.1, 0.15) is 17.7 Å². The number of nitrogens with zero attached hydrogens (tertiary/aromatic N) is 2. The van der Waals surface area contributed by atoms with Gasteiger partial charge in [0.15, 0.2) is 0 Å². The average molecular weight is 439 g/mol. The maximum Gasteiger partial charge on any atom is 0.416 e. The number of fused-ring (bicyclic) bond motifs is 1. The highest BCUT2D eigenvalue weighted by atomic mass is 32.2. The molecule has 0 amide bonds. The van der Waals surface area contributed by atoms with Crippen molar-refractivity contribution in [3.8, 4) is 11.1 Å². The largest absolute Gasteiger partial charge is 0.416 e. The average Bonchev–Trinajstić information content (AvgIpc) is 3.11. The molecular formula is C20H17F4N3O2S. The molecule has 1 aromatic carbocycles. The van der Waals surface area contributed by atoms with Crippen LogP contribution in [0.4, 0.5) is 17.6 Å². The van der Waals surface area contributed by atoms with Crippen LogP contribution in [-0.4, -0.2) is 42.0 Å². The predicted molar refractivity (Wildman–Crippen MR) is 106 cm³/mol. The number of nitrogens with one attached hydrogen (secondary N) is 1. The van der Waals surface area contributed by atoms with E-state index in [1.807, 2.05) is 0 Å². The highest BCUT2D eigenvalue weighted by Gasteiger charge is 2.31. The van der Waals surface area contributed by atoms with Crippen LogP contribution in [0.5, 0.6) is 0 Å². The molecule has 0 fully saturated rings. The summed E-state index contributed by atoms with van der Waals surface area (Å²) in [6.07, 6.45) is 0.204. The topological polar surface area (TPSA) is 66.1 Å². The fourth-order valence-corrected chi connectivity index (χ4v) is 4.31. The summed E-state index contributed by atoms with van der Waals surface area (Å²) in [6, 6.07) is 5.49. The van der Waals surface area contributed by atoms with Crippen molar-refractivity contribution in [1.29, 1.82) is 0 Å². The standard InChI is InChI=1S/C20H17F4N3O2S/c1-30(28,29)27-8-5-12(6-9-27)18-11-16-14(4-7-25-19(16)26-18)15-10-13(20(22,23)24)2-3-17(15)21/h2-5,7,10-11H,6,8-9H2,1H3,(H,25,26). The van der Waals surface area contributed by atoms with E-state index in [1.54, 1.807) is 12.1 Å². The summed E-state index contributed by atoms with van der Waals surface area (Å²) in [5, 5.41) is 0.483. The molecule has 4 rings (SSSR count). The monoisotopic (exact) mass is 439 g/mol. The van der Waals surface area contributed by atoms with Crippen molar-refractivity contribution in [3.63, 3.8) is 0 Å². The van der Waals surface area contributed by atoms with Crippen LogP contribution in [0.15, 0.2) is 42.6 Å². The summed E-state index contributed by atoms with van der Waals surface area (Å²) >= 11 is 0. The highest BCUT2D eigenvalue weighted by Crippen LogP contribution is 2.37. The van der Waals surface area contributed by atoms with Crippen LogP contribution in [0.3, 0.4) is 0 Å². The van der Waals surface area contributed by atoms with Crippen molar-refractivity contribution in [3.05, 3.63) is 59.7 Å². The molecule has 10 heteroatoms. The Hall–Kier alpha value is -2.72. The molecular weight excluding hydrogens is 422 g/mol. The highest BCUT2D eigenvalue weighted by molar-refractivity contribution is 7.88. The molecule has 0 spiro atoms. The third-order valence-corrected chi connectivity index (χ3v) is 6.37.